The van der Waals surface area contributed by atoms with Gasteiger partial charge in [-0.2, -0.15) is 0 Å². The molecule has 0 aliphatic carbocycles. The number of likely N-dealkylation sites (tertiary alicyclic amines) is 1. The van der Waals surface area contributed by atoms with Crippen molar-refractivity contribution in [3.8, 4) is 16.9 Å². The number of nitrogens with one attached hydrogen (secondary N) is 1. The molecule has 8 nitrogen and oxygen atoms in total. The van der Waals surface area contributed by atoms with E-state index >= 15 is 0 Å². The fourth-order valence-electron chi connectivity index (χ4n) is 3.92. The Morgan fingerprint density at radius 2 is 1.69 bits per heavy atom. The number of carbonyl (C=O) groups excluding carboxylic acids is 2. The number of aromatic nitrogens is 3. The van der Waals surface area contributed by atoms with Crippen molar-refractivity contribution in [2.75, 3.05) is 19.7 Å². The third-order valence-corrected chi connectivity index (χ3v) is 5.50. The van der Waals surface area contributed by atoms with Gasteiger partial charge in [-0.05, 0) is 31.9 Å². The summed E-state index contributed by atoms with van der Waals surface area (Å²) in [6.45, 7) is 3.30. The number of para-hydroxylation sites is 1. The van der Waals surface area contributed by atoms with Gasteiger partial charge in [-0.3, -0.25) is 4.79 Å². The number of hydrogen-bond donors (Lipinski definition) is 1. The first kappa shape index (κ1) is 21.5. The summed E-state index contributed by atoms with van der Waals surface area (Å²) in [5, 5.41) is 11.8. The Labute approximate surface area is 187 Å². The highest BCUT2D eigenvalue weighted by Gasteiger charge is 2.25. The first-order chi connectivity index (χ1) is 15.7. The minimum atomic E-state index is -0.290. The average Bonchev–Trinajstić information content (AvgIpc) is 3.24. The van der Waals surface area contributed by atoms with Gasteiger partial charge in [-0.1, -0.05) is 53.7 Å². The van der Waals surface area contributed by atoms with Crippen LogP contribution in [0.1, 0.15) is 25.5 Å². The molecule has 2 amide bonds. The maximum Gasteiger partial charge on any atom is 0.409 e. The minimum absolute atomic E-state index is 0.0255. The Kier molecular flexibility index (Phi) is 6.79. The molecule has 1 saturated heterocycles. The summed E-state index contributed by atoms with van der Waals surface area (Å²) in [5.41, 5.74) is 3.27. The molecule has 0 radical (unpaired) electrons. The van der Waals surface area contributed by atoms with Crippen molar-refractivity contribution in [2.24, 2.45) is 0 Å². The Bertz CT molecular complexity index is 1040. The van der Waals surface area contributed by atoms with Crippen molar-refractivity contribution in [3.05, 3.63) is 66.4 Å². The maximum absolute atomic E-state index is 12.8. The van der Waals surface area contributed by atoms with Crippen molar-refractivity contribution in [1.29, 1.82) is 0 Å². The smallest absolute Gasteiger partial charge is 0.409 e. The summed E-state index contributed by atoms with van der Waals surface area (Å²) in [5.74, 6) is -0.100. The molecular formula is C24H27N5O3. The number of hydrogen-bond acceptors (Lipinski definition) is 5. The fourth-order valence-corrected chi connectivity index (χ4v) is 3.92. The van der Waals surface area contributed by atoms with E-state index in [1.807, 2.05) is 60.7 Å². The van der Waals surface area contributed by atoms with Crippen LogP contribution in [0.25, 0.3) is 16.9 Å². The number of ether oxygens (including phenoxy) is 1. The predicted octanol–water partition coefficient (Wildman–Crippen LogP) is 3.21. The molecule has 4 rings (SSSR count). The molecule has 1 aliphatic heterocycles. The number of benzene rings is 2. The average molecular weight is 434 g/mol. The molecule has 166 valence electrons. The molecular weight excluding hydrogens is 406 g/mol. The van der Waals surface area contributed by atoms with Crippen LogP contribution in [-0.4, -0.2) is 57.6 Å². The lowest BCUT2D eigenvalue weighted by atomic mass is 10.0. The second-order valence-electron chi connectivity index (χ2n) is 7.70. The van der Waals surface area contributed by atoms with Gasteiger partial charge in [0.1, 0.15) is 5.69 Å². The highest BCUT2D eigenvalue weighted by Crippen LogP contribution is 2.25. The standard InChI is InChI=1S/C24H27N5O3/c1-2-32-24(31)28-15-13-19(14-16-28)25-22(30)17-21-23(18-9-5-3-6-10-18)29(27-26-21)20-11-7-4-8-12-20/h3-12,19H,2,13-17H2,1H3,(H,25,30). The molecule has 2 aromatic carbocycles. The molecule has 8 heteroatoms. The van der Waals surface area contributed by atoms with Crippen molar-refractivity contribution in [2.45, 2.75) is 32.2 Å². The highest BCUT2D eigenvalue weighted by molar-refractivity contribution is 5.81. The zero-order valence-corrected chi connectivity index (χ0v) is 18.1. The molecule has 0 spiro atoms. The summed E-state index contributed by atoms with van der Waals surface area (Å²) in [4.78, 5) is 26.4. The van der Waals surface area contributed by atoms with E-state index in [9.17, 15) is 9.59 Å². The van der Waals surface area contributed by atoms with E-state index in [4.69, 9.17) is 4.74 Å². The lowest BCUT2D eigenvalue weighted by molar-refractivity contribution is -0.121. The second-order valence-corrected chi connectivity index (χ2v) is 7.70. The molecule has 32 heavy (non-hydrogen) atoms. The van der Waals surface area contributed by atoms with E-state index in [0.717, 1.165) is 16.9 Å². The molecule has 1 N–H and O–H groups in total. The van der Waals surface area contributed by atoms with Crippen molar-refractivity contribution in [1.82, 2.24) is 25.2 Å². The van der Waals surface area contributed by atoms with Gasteiger partial charge in [-0.25, -0.2) is 9.48 Å². The number of piperidine rings is 1. The molecule has 2 heterocycles. The molecule has 1 aliphatic rings. The van der Waals surface area contributed by atoms with Crippen LogP contribution >= 0.6 is 0 Å². The highest BCUT2D eigenvalue weighted by atomic mass is 16.6. The van der Waals surface area contributed by atoms with E-state index in [2.05, 4.69) is 15.6 Å². The van der Waals surface area contributed by atoms with E-state index in [1.54, 1.807) is 16.5 Å². The van der Waals surface area contributed by atoms with Gasteiger partial charge in [0.15, 0.2) is 0 Å². The van der Waals surface area contributed by atoms with Crippen LogP contribution in [0.3, 0.4) is 0 Å². The first-order valence-electron chi connectivity index (χ1n) is 10.9. The van der Waals surface area contributed by atoms with Gasteiger partial charge in [0.2, 0.25) is 5.91 Å². The zero-order valence-electron chi connectivity index (χ0n) is 18.1. The van der Waals surface area contributed by atoms with Crippen molar-refractivity contribution < 1.29 is 14.3 Å². The molecule has 0 bridgehead atoms. The summed E-state index contributed by atoms with van der Waals surface area (Å²) in [7, 11) is 0. The lowest BCUT2D eigenvalue weighted by Gasteiger charge is -2.31. The van der Waals surface area contributed by atoms with E-state index < -0.39 is 0 Å². The lowest BCUT2D eigenvalue weighted by Crippen LogP contribution is -2.47. The topological polar surface area (TPSA) is 89.3 Å². The van der Waals surface area contributed by atoms with Crippen molar-refractivity contribution >= 4 is 12.0 Å². The van der Waals surface area contributed by atoms with Crippen LogP contribution in [0.4, 0.5) is 4.79 Å². The van der Waals surface area contributed by atoms with Gasteiger partial charge in [0.05, 0.1) is 24.4 Å². The van der Waals surface area contributed by atoms with Crippen LogP contribution in [0.2, 0.25) is 0 Å². The fraction of sp³-hybridized carbons (Fsp3) is 0.333. The molecule has 0 saturated carbocycles. The molecule has 3 aromatic rings. The number of nitrogens with zero attached hydrogens (tertiary/aromatic N) is 4. The Morgan fingerprint density at radius 1 is 1.03 bits per heavy atom. The van der Waals surface area contributed by atoms with E-state index in [-0.39, 0.29) is 24.5 Å². The summed E-state index contributed by atoms with van der Waals surface area (Å²) in [6.07, 6.45) is 1.25. The Balaban J connectivity index is 1.46. The predicted molar refractivity (Wildman–Crippen MR) is 120 cm³/mol. The van der Waals surface area contributed by atoms with Crippen LogP contribution in [0.15, 0.2) is 60.7 Å². The summed E-state index contributed by atoms with van der Waals surface area (Å²) >= 11 is 0. The molecule has 0 atom stereocenters. The van der Waals surface area contributed by atoms with Crippen LogP contribution < -0.4 is 5.32 Å². The Morgan fingerprint density at radius 3 is 2.34 bits per heavy atom. The van der Waals surface area contributed by atoms with Crippen LogP contribution in [0.5, 0.6) is 0 Å². The minimum Gasteiger partial charge on any atom is -0.450 e. The van der Waals surface area contributed by atoms with Crippen molar-refractivity contribution in [3.63, 3.8) is 0 Å². The van der Waals surface area contributed by atoms with Crippen LogP contribution in [-0.2, 0) is 16.0 Å². The van der Waals surface area contributed by atoms with Gasteiger partial charge in [0.25, 0.3) is 0 Å². The van der Waals surface area contributed by atoms with Gasteiger partial charge in [-0.15, -0.1) is 5.10 Å². The monoisotopic (exact) mass is 433 g/mol. The number of carbonyl (C=O) groups is 2. The summed E-state index contributed by atoms with van der Waals surface area (Å²) in [6, 6.07) is 19.6. The number of rotatable bonds is 6. The molecule has 0 unspecified atom stereocenters. The third kappa shape index (κ3) is 4.96. The van der Waals surface area contributed by atoms with E-state index in [1.165, 1.54) is 0 Å². The van der Waals surface area contributed by atoms with Gasteiger partial charge in [0, 0.05) is 24.7 Å². The largest absolute Gasteiger partial charge is 0.450 e. The Hall–Kier alpha value is -3.68. The summed E-state index contributed by atoms with van der Waals surface area (Å²) < 4.78 is 6.83. The first-order valence-corrected chi connectivity index (χ1v) is 10.9. The van der Waals surface area contributed by atoms with Gasteiger partial charge < -0.3 is 15.0 Å². The molecule has 1 fully saturated rings. The molecule has 1 aromatic heterocycles. The van der Waals surface area contributed by atoms with Crippen LogP contribution in [0, 0.1) is 0 Å². The quantitative estimate of drug-likeness (QED) is 0.645. The SMILES string of the molecule is CCOC(=O)N1CCC(NC(=O)Cc2nnn(-c3ccccc3)c2-c2ccccc2)CC1. The van der Waals surface area contributed by atoms with Gasteiger partial charge >= 0.3 is 6.09 Å². The van der Waals surface area contributed by atoms with E-state index in [0.29, 0.717) is 38.2 Å². The maximum atomic E-state index is 12.8. The second kappa shape index (κ2) is 10.1. The normalized spacial score (nSPS) is 14.2. The third-order valence-electron chi connectivity index (χ3n) is 5.50. The number of amides is 2. The zero-order chi connectivity index (χ0) is 22.3.